The number of alkyl halides is 2. The molecule has 2 atom stereocenters. The van der Waals surface area contributed by atoms with E-state index in [-0.39, 0.29) is 16.4 Å². The number of methoxy groups -OCH3 is 1. The van der Waals surface area contributed by atoms with E-state index in [0.29, 0.717) is 5.56 Å². The summed E-state index contributed by atoms with van der Waals surface area (Å²) in [6.07, 6.45) is 0. The molecule has 0 radical (unpaired) electrons. The summed E-state index contributed by atoms with van der Waals surface area (Å²) in [4.78, 5) is 23.2. The fraction of sp³-hybridized carbons (Fsp3) is 0.222. The number of para-hydroxylation sites is 1. The molecule has 0 fully saturated rings. The van der Waals surface area contributed by atoms with Crippen LogP contribution < -0.4 is 9.47 Å². The maximum atomic E-state index is 12.8. The molecular weight excluding hydrogens is 440 g/mol. The van der Waals surface area contributed by atoms with Crippen LogP contribution >= 0.6 is 31.9 Å². The van der Waals surface area contributed by atoms with Crippen molar-refractivity contribution in [2.75, 3.05) is 7.11 Å². The number of rotatable bonds is 6. The zero-order chi connectivity index (χ0) is 17.7. The lowest BCUT2D eigenvalue weighted by Gasteiger charge is -2.18. The molecule has 0 saturated carbocycles. The third kappa shape index (κ3) is 4.45. The van der Waals surface area contributed by atoms with E-state index in [9.17, 15) is 9.59 Å². The molecule has 2 rings (SSSR count). The number of esters is 1. The van der Waals surface area contributed by atoms with Crippen LogP contribution in [0.4, 0.5) is 0 Å². The lowest BCUT2D eigenvalue weighted by Crippen LogP contribution is -2.20. The molecule has 2 aromatic rings. The molecule has 126 valence electrons. The second kappa shape index (κ2) is 8.44. The van der Waals surface area contributed by atoms with E-state index in [0.717, 1.165) is 11.3 Å². The Balaban J connectivity index is 2.23. The van der Waals surface area contributed by atoms with Gasteiger partial charge in [-0.25, -0.2) is 0 Å². The molecule has 0 aliphatic rings. The van der Waals surface area contributed by atoms with Gasteiger partial charge in [0, 0.05) is 6.92 Å². The molecule has 0 aliphatic heterocycles. The highest BCUT2D eigenvalue weighted by Crippen LogP contribution is 2.35. The largest absolute Gasteiger partial charge is 0.497 e. The topological polar surface area (TPSA) is 52.6 Å². The van der Waals surface area contributed by atoms with Crippen molar-refractivity contribution in [3.8, 4) is 11.5 Å². The highest BCUT2D eigenvalue weighted by atomic mass is 79.9. The van der Waals surface area contributed by atoms with Crippen LogP contribution in [0.1, 0.15) is 27.7 Å². The van der Waals surface area contributed by atoms with Crippen molar-refractivity contribution in [3.63, 3.8) is 0 Å². The molecule has 2 unspecified atom stereocenters. The molecule has 24 heavy (non-hydrogen) atoms. The molecule has 0 aromatic heterocycles. The third-order valence-electron chi connectivity index (χ3n) is 3.35. The number of carbonyl (C=O) groups is 2. The first kappa shape index (κ1) is 18.7. The number of benzene rings is 2. The second-order valence-corrected chi connectivity index (χ2v) is 7.00. The zero-order valence-corrected chi connectivity index (χ0v) is 16.3. The average molecular weight is 456 g/mol. The molecule has 0 spiro atoms. The van der Waals surface area contributed by atoms with Crippen molar-refractivity contribution >= 4 is 43.6 Å². The molecule has 0 N–H and O–H groups in total. The maximum absolute atomic E-state index is 12.8. The monoisotopic (exact) mass is 454 g/mol. The van der Waals surface area contributed by atoms with Gasteiger partial charge in [0.1, 0.15) is 11.5 Å². The Morgan fingerprint density at radius 2 is 1.62 bits per heavy atom. The van der Waals surface area contributed by atoms with Crippen LogP contribution in [0.2, 0.25) is 0 Å². The van der Waals surface area contributed by atoms with E-state index in [1.165, 1.54) is 6.92 Å². The van der Waals surface area contributed by atoms with Crippen LogP contribution in [-0.2, 0) is 4.79 Å². The van der Waals surface area contributed by atoms with Crippen molar-refractivity contribution < 1.29 is 19.1 Å². The molecule has 2 aromatic carbocycles. The predicted molar refractivity (Wildman–Crippen MR) is 99.5 cm³/mol. The molecule has 0 heterocycles. The summed E-state index contributed by atoms with van der Waals surface area (Å²) < 4.78 is 10.3. The Morgan fingerprint density at radius 3 is 2.21 bits per heavy atom. The van der Waals surface area contributed by atoms with E-state index in [1.54, 1.807) is 31.4 Å². The van der Waals surface area contributed by atoms with Gasteiger partial charge in [-0.2, -0.15) is 0 Å². The molecular formula is C18H16Br2O4. The van der Waals surface area contributed by atoms with Gasteiger partial charge in [0.25, 0.3) is 0 Å². The summed E-state index contributed by atoms with van der Waals surface area (Å²) in [6.45, 7) is 1.30. The number of Topliss-reactive ketones (excluding diaryl/α,β-unsaturated/α-hetero) is 1. The van der Waals surface area contributed by atoms with Crippen molar-refractivity contribution in [2.24, 2.45) is 0 Å². The van der Waals surface area contributed by atoms with Crippen LogP contribution in [0, 0.1) is 0 Å². The quantitative estimate of drug-likeness (QED) is 0.274. The maximum Gasteiger partial charge on any atom is 0.308 e. The standard InChI is InChI=1S/C18H16Br2O4/c1-11(21)24-15-6-4-3-5-14(15)18(22)17(20)16(19)12-7-9-13(23-2)10-8-12/h3-10,16-17H,1-2H3. The van der Waals surface area contributed by atoms with Crippen LogP contribution in [0.5, 0.6) is 11.5 Å². The first-order valence-electron chi connectivity index (χ1n) is 7.17. The van der Waals surface area contributed by atoms with E-state index in [1.807, 2.05) is 24.3 Å². The number of hydrogen-bond donors (Lipinski definition) is 0. The second-order valence-electron chi connectivity index (χ2n) is 5.03. The molecule has 6 heteroatoms. The van der Waals surface area contributed by atoms with Gasteiger partial charge in [-0.15, -0.1) is 0 Å². The summed E-state index contributed by atoms with van der Waals surface area (Å²) in [5.41, 5.74) is 1.28. The van der Waals surface area contributed by atoms with Gasteiger partial charge < -0.3 is 9.47 Å². The minimum absolute atomic E-state index is 0.176. The minimum atomic E-state index is -0.525. The molecule has 0 bridgehead atoms. The van der Waals surface area contributed by atoms with E-state index in [2.05, 4.69) is 31.9 Å². The van der Waals surface area contributed by atoms with Crippen LogP contribution in [0.3, 0.4) is 0 Å². The molecule has 0 amide bonds. The average Bonchev–Trinajstić information content (AvgIpc) is 2.60. The van der Waals surface area contributed by atoms with E-state index < -0.39 is 10.8 Å². The van der Waals surface area contributed by atoms with Crippen LogP contribution in [0.25, 0.3) is 0 Å². The summed E-state index contributed by atoms with van der Waals surface area (Å²) in [5.74, 6) is 0.362. The van der Waals surface area contributed by atoms with Gasteiger partial charge in [0.15, 0.2) is 5.78 Å². The highest BCUT2D eigenvalue weighted by Gasteiger charge is 2.28. The van der Waals surface area contributed by atoms with Crippen molar-refractivity contribution in [1.82, 2.24) is 0 Å². The van der Waals surface area contributed by atoms with Crippen molar-refractivity contribution in [3.05, 3.63) is 59.7 Å². The zero-order valence-electron chi connectivity index (χ0n) is 13.2. The number of carbonyl (C=O) groups excluding carboxylic acids is 2. The Hall–Kier alpha value is -1.66. The van der Waals surface area contributed by atoms with Gasteiger partial charge >= 0.3 is 5.97 Å². The SMILES string of the molecule is COc1ccc(C(Br)C(Br)C(=O)c2ccccc2OC(C)=O)cc1. The lowest BCUT2D eigenvalue weighted by molar-refractivity contribution is -0.131. The number of halogens is 2. The summed E-state index contributed by atoms with van der Waals surface area (Å²) in [7, 11) is 1.60. The Kier molecular flexibility index (Phi) is 6.57. The fourth-order valence-electron chi connectivity index (χ4n) is 2.15. The summed E-state index contributed by atoms with van der Waals surface area (Å²) >= 11 is 7.00. The lowest BCUT2D eigenvalue weighted by atomic mass is 10.0. The number of ether oxygens (including phenoxy) is 2. The minimum Gasteiger partial charge on any atom is -0.497 e. The molecule has 0 saturated heterocycles. The normalized spacial score (nSPS) is 13.0. The predicted octanol–water partition coefficient (Wildman–Crippen LogP) is 4.70. The summed E-state index contributed by atoms with van der Waals surface area (Å²) in [6, 6.07) is 14.1. The Bertz CT molecular complexity index is 728. The van der Waals surface area contributed by atoms with Crippen molar-refractivity contribution in [2.45, 2.75) is 16.6 Å². The number of hydrogen-bond acceptors (Lipinski definition) is 4. The molecule has 0 aliphatic carbocycles. The van der Waals surface area contributed by atoms with Gasteiger partial charge in [0.2, 0.25) is 0 Å². The highest BCUT2D eigenvalue weighted by molar-refractivity contribution is 9.12. The van der Waals surface area contributed by atoms with Gasteiger partial charge in [0.05, 0.1) is 22.3 Å². The Morgan fingerprint density at radius 1 is 1.00 bits per heavy atom. The third-order valence-corrected chi connectivity index (χ3v) is 6.06. The van der Waals surface area contributed by atoms with E-state index >= 15 is 0 Å². The number of ketones is 1. The van der Waals surface area contributed by atoms with Gasteiger partial charge in [-0.05, 0) is 29.8 Å². The smallest absolute Gasteiger partial charge is 0.308 e. The van der Waals surface area contributed by atoms with Crippen LogP contribution in [0.15, 0.2) is 48.5 Å². The first-order valence-corrected chi connectivity index (χ1v) is 9.01. The van der Waals surface area contributed by atoms with Gasteiger partial charge in [-0.3, -0.25) is 9.59 Å². The fourth-order valence-corrected chi connectivity index (χ4v) is 3.25. The van der Waals surface area contributed by atoms with Gasteiger partial charge in [-0.1, -0.05) is 56.1 Å². The summed E-state index contributed by atoms with van der Waals surface area (Å²) in [5, 5.41) is 0. The Labute approximate surface area is 157 Å². The molecule has 4 nitrogen and oxygen atoms in total. The van der Waals surface area contributed by atoms with E-state index in [4.69, 9.17) is 9.47 Å². The van der Waals surface area contributed by atoms with Crippen molar-refractivity contribution in [1.29, 1.82) is 0 Å². The van der Waals surface area contributed by atoms with Crippen LogP contribution in [-0.4, -0.2) is 23.7 Å². The first-order chi connectivity index (χ1) is 11.4.